The van der Waals surface area contributed by atoms with Crippen molar-refractivity contribution in [3.8, 4) is 0 Å². The highest BCUT2D eigenvalue weighted by atomic mass is 19.1. The van der Waals surface area contributed by atoms with E-state index in [4.69, 9.17) is 4.42 Å². The van der Waals surface area contributed by atoms with Crippen molar-refractivity contribution in [3.63, 3.8) is 0 Å². The SMILES string of the molecule is CC(C)NCC1CCC(Nc2nc3ccc(F)cc3o2)CC1. The van der Waals surface area contributed by atoms with E-state index in [0.717, 1.165) is 25.3 Å². The van der Waals surface area contributed by atoms with Crippen molar-refractivity contribution in [1.82, 2.24) is 10.3 Å². The second kappa shape index (κ2) is 6.65. The second-order valence-corrected chi connectivity index (χ2v) is 6.56. The van der Waals surface area contributed by atoms with Gasteiger partial charge in [-0.15, -0.1) is 0 Å². The average molecular weight is 305 g/mol. The molecule has 3 rings (SSSR count). The van der Waals surface area contributed by atoms with E-state index in [-0.39, 0.29) is 5.82 Å². The summed E-state index contributed by atoms with van der Waals surface area (Å²) in [5.74, 6) is 0.464. The minimum atomic E-state index is -0.298. The molecule has 2 aromatic rings. The van der Waals surface area contributed by atoms with E-state index in [0.29, 0.717) is 29.2 Å². The van der Waals surface area contributed by atoms with Crippen LogP contribution in [0.3, 0.4) is 0 Å². The summed E-state index contributed by atoms with van der Waals surface area (Å²) in [6.45, 7) is 5.47. The summed E-state index contributed by atoms with van der Waals surface area (Å²) in [5.41, 5.74) is 1.19. The number of aromatic nitrogens is 1. The molecule has 1 aromatic heterocycles. The Morgan fingerprint density at radius 2 is 2.05 bits per heavy atom. The first kappa shape index (κ1) is 15.3. The fourth-order valence-electron chi connectivity index (χ4n) is 3.05. The molecule has 1 aliphatic carbocycles. The predicted molar refractivity (Wildman–Crippen MR) is 86.5 cm³/mol. The van der Waals surface area contributed by atoms with E-state index in [2.05, 4.69) is 29.5 Å². The summed E-state index contributed by atoms with van der Waals surface area (Å²) in [6, 6.07) is 5.88. The van der Waals surface area contributed by atoms with E-state index in [1.54, 1.807) is 6.07 Å². The number of oxazole rings is 1. The van der Waals surface area contributed by atoms with Gasteiger partial charge in [-0.05, 0) is 50.3 Å². The minimum Gasteiger partial charge on any atom is -0.423 e. The van der Waals surface area contributed by atoms with E-state index < -0.39 is 0 Å². The molecule has 4 nitrogen and oxygen atoms in total. The molecular weight excluding hydrogens is 281 g/mol. The molecule has 0 saturated heterocycles. The molecular formula is C17H24FN3O. The zero-order valence-corrected chi connectivity index (χ0v) is 13.2. The van der Waals surface area contributed by atoms with Gasteiger partial charge in [0, 0.05) is 18.2 Å². The first-order valence-electron chi connectivity index (χ1n) is 8.16. The van der Waals surface area contributed by atoms with Crippen LogP contribution in [-0.2, 0) is 0 Å². The predicted octanol–water partition coefficient (Wildman–Crippen LogP) is 3.94. The van der Waals surface area contributed by atoms with Crippen molar-refractivity contribution < 1.29 is 8.81 Å². The van der Waals surface area contributed by atoms with Gasteiger partial charge in [-0.1, -0.05) is 13.8 Å². The number of anilines is 1. The lowest BCUT2D eigenvalue weighted by atomic mass is 9.86. The second-order valence-electron chi connectivity index (χ2n) is 6.56. The molecule has 0 bridgehead atoms. The Bertz CT molecular complexity index is 617. The monoisotopic (exact) mass is 305 g/mol. The third-order valence-corrected chi connectivity index (χ3v) is 4.34. The zero-order chi connectivity index (χ0) is 15.5. The highest BCUT2D eigenvalue weighted by Gasteiger charge is 2.22. The van der Waals surface area contributed by atoms with Crippen molar-refractivity contribution >= 4 is 17.1 Å². The van der Waals surface area contributed by atoms with Gasteiger partial charge in [-0.25, -0.2) is 4.39 Å². The number of hydrogen-bond donors (Lipinski definition) is 2. The molecule has 120 valence electrons. The molecule has 1 saturated carbocycles. The maximum atomic E-state index is 13.2. The van der Waals surface area contributed by atoms with Crippen LogP contribution in [0.25, 0.3) is 11.1 Å². The Balaban J connectivity index is 1.53. The Morgan fingerprint density at radius 1 is 1.27 bits per heavy atom. The average Bonchev–Trinajstić information content (AvgIpc) is 2.87. The molecule has 0 radical (unpaired) electrons. The van der Waals surface area contributed by atoms with Gasteiger partial charge in [-0.2, -0.15) is 4.98 Å². The zero-order valence-electron chi connectivity index (χ0n) is 13.2. The Hall–Kier alpha value is -1.62. The van der Waals surface area contributed by atoms with Gasteiger partial charge in [0.25, 0.3) is 6.01 Å². The molecule has 0 unspecified atom stereocenters. The Kier molecular flexibility index (Phi) is 4.62. The van der Waals surface area contributed by atoms with Gasteiger partial charge in [0.15, 0.2) is 5.58 Å². The molecule has 0 spiro atoms. The lowest BCUT2D eigenvalue weighted by Gasteiger charge is -2.29. The lowest BCUT2D eigenvalue weighted by Crippen LogP contribution is -2.33. The number of fused-ring (bicyclic) bond motifs is 1. The number of nitrogens with one attached hydrogen (secondary N) is 2. The number of nitrogens with zero attached hydrogens (tertiary/aromatic N) is 1. The van der Waals surface area contributed by atoms with Gasteiger partial charge in [0.1, 0.15) is 11.3 Å². The molecule has 1 heterocycles. The quantitative estimate of drug-likeness (QED) is 0.878. The maximum absolute atomic E-state index is 13.2. The van der Waals surface area contributed by atoms with Crippen molar-refractivity contribution in [2.75, 3.05) is 11.9 Å². The summed E-state index contributed by atoms with van der Waals surface area (Å²) in [7, 11) is 0. The Labute approximate surface area is 130 Å². The first-order chi connectivity index (χ1) is 10.6. The van der Waals surface area contributed by atoms with Crippen LogP contribution in [0.5, 0.6) is 0 Å². The van der Waals surface area contributed by atoms with Gasteiger partial charge in [-0.3, -0.25) is 0 Å². The van der Waals surface area contributed by atoms with E-state index in [1.165, 1.54) is 25.0 Å². The fourth-order valence-corrected chi connectivity index (χ4v) is 3.05. The van der Waals surface area contributed by atoms with Crippen LogP contribution in [0.2, 0.25) is 0 Å². The minimum absolute atomic E-state index is 0.298. The summed E-state index contributed by atoms with van der Waals surface area (Å²) in [6.07, 6.45) is 4.67. The number of hydrogen-bond acceptors (Lipinski definition) is 4. The Morgan fingerprint density at radius 3 is 2.77 bits per heavy atom. The van der Waals surface area contributed by atoms with Crippen LogP contribution in [-0.4, -0.2) is 23.6 Å². The van der Waals surface area contributed by atoms with Crippen LogP contribution >= 0.6 is 0 Å². The van der Waals surface area contributed by atoms with E-state index >= 15 is 0 Å². The van der Waals surface area contributed by atoms with Gasteiger partial charge < -0.3 is 15.1 Å². The van der Waals surface area contributed by atoms with Crippen molar-refractivity contribution in [1.29, 1.82) is 0 Å². The van der Waals surface area contributed by atoms with Crippen LogP contribution < -0.4 is 10.6 Å². The molecule has 1 aliphatic rings. The molecule has 0 atom stereocenters. The molecule has 0 aliphatic heterocycles. The smallest absolute Gasteiger partial charge is 0.295 e. The standard InChI is InChI=1S/C17H24FN3O/c1-11(2)19-10-12-3-6-14(7-4-12)20-17-21-15-8-5-13(18)9-16(15)22-17/h5,8-9,11-12,14,19H,3-4,6-7,10H2,1-2H3,(H,20,21). The van der Waals surface area contributed by atoms with Crippen LogP contribution in [0.4, 0.5) is 10.4 Å². The highest BCUT2D eigenvalue weighted by molar-refractivity contribution is 5.74. The number of halogens is 1. The van der Waals surface area contributed by atoms with Gasteiger partial charge >= 0.3 is 0 Å². The third-order valence-electron chi connectivity index (χ3n) is 4.34. The summed E-state index contributed by atoms with van der Waals surface area (Å²) in [4.78, 5) is 4.37. The molecule has 5 heteroatoms. The third kappa shape index (κ3) is 3.77. The summed E-state index contributed by atoms with van der Waals surface area (Å²) < 4.78 is 18.7. The molecule has 1 fully saturated rings. The molecule has 2 N–H and O–H groups in total. The van der Waals surface area contributed by atoms with Gasteiger partial charge in [0.05, 0.1) is 0 Å². The van der Waals surface area contributed by atoms with Crippen molar-refractivity contribution in [3.05, 3.63) is 24.0 Å². The molecule has 22 heavy (non-hydrogen) atoms. The fraction of sp³-hybridized carbons (Fsp3) is 0.588. The van der Waals surface area contributed by atoms with Crippen LogP contribution in [0, 0.1) is 11.7 Å². The van der Waals surface area contributed by atoms with Crippen LogP contribution in [0.1, 0.15) is 39.5 Å². The normalized spacial score (nSPS) is 22.4. The molecule has 0 amide bonds. The van der Waals surface area contributed by atoms with E-state index in [9.17, 15) is 4.39 Å². The van der Waals surface area contributed by atoms with Gasteiger partial charge in [0.2, 0.25) is 0 Å². The molecule has 1 aromatic carbocycles. The largest absolute Gasteiger partial charge is 0.423 e. The van der Waals surface area contributed by atoms with Crippen molar-refractivity contribution in [2.24, 2.45) is 5.92 Å². The van der Waals surface area contributed by atoms with Crippen molar-refractivity contribution in [2.45, 2.75) is 51.6 Å². The summed E-state index contributed by atoms with van der Waals surface area (Å²) in [5, 5.41) is 6.87. The first-order valence-corrected chi connectivity index (χ1v) is 8.16. The van der Waals surface area contributed by atoms with E-state index in [1.807, 2.05) is 0 Å². The number of benzene rings is 1. The topological polar surface area (TPSA) is 50.1 Å². The summed E-state index contributed by atoms with van der Waals surface area (Å²) >= 11 is 0. The van der Waals surface area contributed by atoms with Crippen LogP contribution in [0.15, 0.2) is 22.6 Å². The maximum Gasteiger partial charge on any atom is 0.295 e. The highest BCUT2D eigenvalue weighted by Crippen LogP contribution is 2.27. The number of rotatable bonds is 5. The lowest BCUT2D eigenvalue weighted by molar-refractivity contribution is 0.315.